The predicted octanol–water partition coefficient (Wildman–Crippen LogP) is 3.78. The molecule has 9 heteroatoms. The van der Waals surface area contributed by atoms with Gasteiger partial charge in [-0.3, -0.25) is 9.59 Å². The van der Waals surface area contributed by atoms with Crippen molar-refractivity contribution in [1.82, 2.24) is 14.9 Å². The van der Waals surface area contributed by atoms with Gasteiger partial charge in [0.15, 0.2) is 0 Å². The van der Waals surface area contributed by atoms with Crippen LogP contribution in [-0.2, 0) is 16.0 Å². The number of rotatable bonds is 3. The first-order valence-corrected chi connectivity index (χ1v) is 10.5. The number of aromatic nitrogens is 2. The quantitative estimate of drug-likeness (QED) is 0.752. The molecule has 1 N–H and O–H groups in total. The van der Waals surface area contributed by atoms with Gasteiger partial charge in [0.2, 0.25) is 11.8 Å². The summed E-state index contributed by atoms with van der Waals surface area (Å²) >= 11 is 1.55. The topological polar surface area (TPSA) is 75.2 Å². The van der Waals surface area contributed by atoms with Gasteiger partial charge in [0.1, 0.15) is 5.82 Å². The van der Waals surface area contributed by atoms with Crippen LogP contribution in [0.3, 0.4) is 0 Å². The van der Waals surface area contributed by atoms with E-state index >= 15 is 0 Å². The molecule has 2 aliphatic heterocycles. The molecule has 2 aromatic rings. The van der Waals surface area contributed by atoms with Gasteiger partial charge >= 0.3 is 0 Å². The maximum Gasteiger partial charge on any atom is 0.260 e. The van der Waals surface area contributed by atoms with Gasteiger partial charge in [0.25, 0.3) is 5.92 Å². The highest BCUT2D eigenvalue weighted by molar-refractivity contribution is 7.07. The Hall–Kier alpha value is -2.94. The number of halogens is 2. The van der Waals surface area contributed by atoms with Gasteiger partial charge in [0.05, 0.1) is 17.6 Å². The van der Waals surface area contributed by atoms with Crippen LogP contribution in [0.5, 0.6) is 0 Å². The molecule has 1 fully saturated rings. The average molecular weight is 430 g/mol. The molecule has 0 atom stereocenters. The molecule has 0 aromatic carbocycles. The lowest BCUT2D eigenvalue weighted by Crippen LogP contribution is -2.35. The van der Waals surface area contributed by atoms with Crippen molar-refractivity contribution >= 4 is 41.1 Å². The van der Waals surface area contributed by atoms with Crippen molar-refractivity contribution in [1.29, 1.82) is 0 Å². The number of likely N-dealkylation sites (tertiary alicyclic amines) is 1. The van der Waals surface area contributed by atoms with Crippen LogP contribution in [0.4, 0.5) is 14.6 Å². The fourth-order valence-corrected chi connectivity index (χ4v) is 4.07. The monoisotopic (exact) mass is 430 g/mol. The second kappa shape index (κ2) is 8.43. The molecule has 0 spiro atoms. The van der Waals surface area contributed by atoms with Gasteiger partial charge in [-0.15, -0.1) is 11.3 Å². The Kier molecular flexibility index (Phi) is 5.72. The minimum atomic E-state index is -3.12. The molecular weight excluding hydrogens is 410 g/mol. The van der Waals surface area contributed by atoms with Crippen LogP contribution in [0.15, 0.2) is 34.8 Å². The lowest BCUT2D eigenvalue weighted by atomic mass is 10.0. The van der Waals surface area contributed by atoms with Gasteiger partial charge in [0, 0.05) is 42.7 Å². The summed E-state index contributed by atoms with van der Waals surface area (Å²) in [6.45, 7) is 1.25. The summed E-state index contributed by atoms with van der Waals surface area (Å²) < 4.78 is 27.7. The van der Waals surface area contributed by atoms with Gasteiger partial charge in [-0.05, 0) is 36.6 Å². The van der Waals surface area contributed by atoms with Crippen molar-refractivity contribution in [2.24, 2.45) is 0 Å². The number of thiazole rings is 1. The summed E-state index contributed by atoms with van der Waals surface area (Å²) in [5, 5.41) is 4.39. The third-order valence-electron chi connectivity index (χ3n) is 5.05. The number of piperidine rings is 1. The zero-order valence-electron chi connectivity index (χ0n) is 16.1. The highest BCUT2D eigenvalue weighted by Crippen LogP contribution is 2.31. The summed E-state index contributed by atoms with van der Waals surface area (Å²) in [5.74, 6) is -3.85. The zero-order chi connectivity index (χ0) is 21.1. The smallest absolute Gasteiger partial charge is 0.260 e. The Bertz CT molecular complexity index is 1010. The molecule has 0 unspecified atom stereocenters. The predicted molar refractivity (Wildman–Crippen MR) is 111 cm³/mol. The minimum Gasteiger partial charge on any atom is -0.339 e. The Morgan fingerprint density at radius 3 is 2.77 bits per heavy atom. The van der Waals surface area contributed by atoms with Crippen molar-refractivity contribution in [3.8, 4) is 0 Å². The number of hydrogen-bond acceptors (Lipinski definition) is 5. The summed E-state index contributed by atoms with van der Waals surface area (Å²) in [5.41, 5.74) is 4.81. The van der Waals surface area contributed by atoms with Gasteiger partial charge in [-0.25, -0.2) is 18.7 Å². The first kappa shape index (κ1) is 20.3. The number of alkyl halides is 2. The Morgan fingerprint density at radius 2 is 2.03 bits per heavy atom. The Labute approximate surface area is 176 Å². The van der Waals surface area contributed by atoms with Gasteiger partial charge in [-0.2, -0.15) is 0 Å². The van der Waals surface area contributed by atoms with Crippen molar-refractivity contribution < 1.29 is 18.4 Å². The number of nitrogens with zero attached hydrogens (tertiary/aromatic N) is 3. The molecule has 0 bridgehead atoms. The molecule has 2 aliphatic rings. The third kappa shape index (κ3) is 4.96. The first-order valence-electron chi connectivity index (χ1n) is 9.59. The molecule has 4 heterocycles. The van der Waals surface area contributed by atoms with E-state index in [9.17, 15) is 18.4 Å². The molecule has 0 saturated carbocycles. The highest BCUT2D eigenvalue weighted by Gasteiger charge is 2.36. The number of carbonyl (C=O) groups is 2. The minimum absolute atomic E-state index is 0.128. The van der Waals surface area contributed by atoms with E-state index in [1.54, 1.807) is 27.8 Å². The normalized spacial score (nSPS) is 18.7. The van der Waals surface area contributed by atoms with Crippen LogP contribution in [0.1, 0.15) is 36.1 Å². The SMILES string of the molecule is O=C1CC(F)(F)Cc2cc(/C=C/C(=O)N3CCC(=Cc4cscn4)CC3)cnc2N1. The molecule has 156 valence electrons. The molecule has 0 radical (unpaired) electrons. The van der Waals surface area contributed by atoms with Crippen LogP contribution in [0.25, 0.3) is 12.2 Å². The van der Waals surface area contributed by atoms with E-state index in [0.29, 0.717) is 18.7 Å². The van der Waals surface area contributed by atoms with E-state index in [4.69, 9.17) is 0 Å². The van der Waals surface area contributed by atoms with Crippen molar-refractivity contribution in [3.05, 3.63) is 51.6 Å². The Morgan fingerprint density at radius 1 is 1.23 bits per heavy atom. The summed E-state index contributed by atoms with van der Waals surface area (Å²) in [7, 11) is 0. The first-order chi connectivity index (χ1) is 14.4. The molecule has 2 aromatic heterocycles. The molecule has 1 saturated heterocycles. The van der Waals surface area contributed by atoms with Crippen molar-refractivity contribution in [2.75, 3.05) is 18.4 Å². The Balaban J connectivity index is 1.39. The van der Waals surface area contributed by atoms with Crippen LogP contribution >= 0.6 is 11.3 Å². The van der Waals surface area contributed by atoms with Crippen LogP contribution in [0, 0.1) is 0 Å². The number of fused-ring (bicyclic) bond motifs is 1. The lowest BCUT2D eigenvalue weighted by Gasteiger charge is -2.27. The molecule has 2 amide bonds. The largest absolute Gasteiger partial charge is 0.339 e. The van der Waals surface area contributed by atoms with Crippen LogP contribution in [-0.4, -0.2) is 45.7 Å². The second-order valence-corrected chi connectivity index (χ2v) is 8.13. The van der Waals surface area contributed by atoms with Crippen molar-refractivity contribution in [2.45, 2.75) is 31.6 Å². The van der Waals surface area contributed by atoms with Gasteiger partial charge < -0.3 is 10.2 Å². The van der Waals surface area contributed by atoms with E-state index < -0.39 is 24.7 Å². The van der Waals surface area contributed by atoms with E-state index in [1.807, 2.05) is 5.38 Å². The number of pyridine rings is 1. The highest BCUT2D eigenvalue weighted by atomic mass is 32.1. The summed E-state index contributed by atoms with van der Waals surface area (Å²) in [6, 6.07) is 1.54. The molecule has 30 heavy (non-hydrogen) atoms. The fourth-order valence-electron chi connectivity index (χ4n) is 3.55. The summed E-state index contributed by atoms with van der Waals surface area (Å²) in [6.07, 6.45) is 6.71. The number of hydrogen-bond donors (Lipinski definition) is 1. The number of amides is 2. The molecule has 6 nitrogen and oxygen atoms in total. The van der Waals surface area contributed by atoms with Crippen molar-refractivity contribution in [3.63, 3.8) is 0 Å². The summed E-state index contributed by atoms with van der Waals surface area (Å²) in [4.78, 5) is 34.1. The molecular formula is C21H20F2N4O2S. The number of nitrogens with one attached hydrogen (secondary N) is 1. The van der Waals surface area contributed by atoms with Crippen LogP contribution in [0.2, 0.25) is 0 Å². The lowest BCUT2D eigenvalue weighted by molar-refractivity contribution is -0.126. The van der Waals surface area contributed by atoms with E-state index in [0.717, 1.165) is 18.5 Å². The van der Waals surface area contributed by atoms with E-state index in [1.165, 1.54) is 23.9 Å². The second-order valence-electron chi connectivity index (χ2n) is 7.41. The number of anilines is 1. The fraction of sp³-hybridized carbons (Fsp3) is 0.333. The van der Waals surface area contributed by atoms with E-state index in [-0.39, 0.29) is 17.3 Å². The van der Waals surface area contributed by atoms with Gasteiger partial charge in [-0.1, -0.05) is 5.57 Å². The molecule has 0 aliphatic carbocycles. The zero-order valence-corrected chi connectivity index (χ0v) is 16.9. The molecule has 4 rings (SSSR count). The average Bonchev–Trinajstić information content (AvgIpc) is 3.16. The maximum absolute atomic E-state index is 13.9. The maximum atomic E-state index is 13.9. The number of carbonyl (C=O) groups excluding carboxylic acids is 2. The van der Waals surface area contributed by atoms with Crippen LogP contribution < -0.4 is 5.32 Å². The third-order valence-corrected chi connectivity index (χ3v) is 5.66. The van der Waals surface area contributed by atoms with E-state index in [2.05, 4.69) is 21.4 Å². The standard InChI is InChI=1S/C21H20F2N4O2S/c22-21(23)9-16-7-15(11-24-20(16)26-18(28)10-21)1-2-19(29)27-5-3-14(4-6-27)8-17-12-30-13-25-17/h1-2,7-8,11-13H,3-6,9-10H2,(H,24,26,28)/b2-1+.